The van der Waals surface area contributed by atoms with E-state index >= 15 is 0 Å². The molecule has 4 heteroatoms. The van der Waals surface area contributed by atoms with Crippen molar-refractivity contribution in [3.05, 3.63) is 34.9 Å². The third kappa shape index (κ3) is 4.18. The van der Waals surface area contributed by atoms with Gasteiger partial charge >= 0.3 is 0 Å². The zero-order chi connectivity index (χ0) is 13.9. The topological polar surface area (TPSA) is 30.5 Å². The number of hydrogen-bond acceptors (Lipinski definition) is 3. The van der Waals surface area contributed by atoms with E-state index in [1.54, 1.807) is 0 Å². The quantitative estimate of drug-likeness (QED) is 0.917. The summed E-state index contributed by atoms with van der Waals surface area (Å²) in [6.07, 6.45) is 1.00. The van der Waals surface area contributed by atoms with Crippen LogP contribution in [0.3, 0.4) is 0 Å². The molecular weight excluding hydrogens is 262 g/mol. The first kappa shape index (κ1) is 14.8. The molecule has 3 nitrogen and oxygen atoms in total. The summed E-state index contributed by atoms with van der Waals surface area (Å²) in [5.74, 6) is -0.462. The zero-order valence-electron chi connectivity index (χ0n) is 11.8. The van der Waals surface area contributed by atoms with Crippen molar-refractivity contribution >= 4 is 11.6 Å². The van der Waals surface area contributed by atoms with Gasteiger partial charge in [0.1, 0.15) is 0 Å². The summed E-state index contributed by atoms with van der Waals surface area (Å²) in [5, 5.41) is 4.35. The molecule has 0 aliphatic carbocycles. The van der Waals surface area contributed by atoms with Crippen molar-refractivity contribution in [1.82, 2.24) is 5.32 Å². The number of halogens is 1. The second-order valence-electron chi connectivity index (χ2n) is 5.40. The number of hydrogen-bond donors (Lipinski definition) is 1. The largest absolute Gasteiger partial charge is 0.349 e. The number of nitrogens with one attached hydrogen (secondary N) is 1. The van der Waals surface area contributed by atoms with Gasteiger partial charge in [-0.2, -0.15) is 0 Å². The molecular formula is C15H22ClNO2. The molecule has 1 saturated heterocycles. The molecule has 1 N–H and O–H groups in total. The van der Waals surface area contributed by atoms with E-state index in [1.807, 2.05) is 32.0 Å². The van der Waals surface area contributed by atoms with E-state index in [9.17, 15) is 0 Å². The summed E-state index contributed by atoms with van der Waals surface area (Å²) in [5.41, 5.74) is 1.21. The summed E-state index contributed by atoms with van der Waals surface area (Å²) in [7, 11) is 0. The Morgan fingerprint density at radius 3 is 2.63 bits per heavy atom. The predicted molar refractivity (Wildman–Crippen MR) is 77.4 cm³/mol. The molecule has 0 spiro atoms. The van der Waals surface area contributed by atoms with E-state index in [4.69, 9.17) is 21.1 Å². The van der Waals surface area contributed by atoms with Crippen molar-refractivity contribution in [3.63, 3.8) is 0 Å². The lowest BCUT2D eigenvalue weighted by molar-refractivity contribution is -0.253. The van der Waals surface area contributed by atoms with Crippen LogP contribution in [0.4, 0.5) is 0 Å². The van der Waals surface area contributed by atoms with Gasteiger partial charge in [0.05, 0.1) is 19.3 Å². The molecule has 19 heavy (non-hydrogen) atoms. The Labute approximate surface area is 120 Å². The lowest BCUT2D eigenvalue weighted by Crippen LogP contribution is -2.49. The lowest BCUT2D eigenvalue weighted by atomic mass is 10.0. The van der Waals surface area contributed by atoms with E-state index < -0.39 is 5.79 Å². The molecule has 106 valence electrons. The Morgan fingerprint density at radius 1 is 1.37 bits per heavy atom. The van der Waals surface area contributed by atoms with Crippen molar-refractivity contribution in [2.75, 3.05) is 13.2 Å². The van der Waals surface area contributed by atoms with Gasteiger partial charge in [0.15, 0.2) is 5.79 Å². The van der Waals surface area contributed by atoms with Crippen LogP contribution in [-0.2, 0) is 9.47 Å². The Kier molecular flexibility index (Phi) is 4.85. The summed E-state index contributed by atoms with van der Waals surface area (Å²) in [4.78, 5) is 0. The van der Waals surface area contributed by atoms with Crippen molar-refractivity contribution in [3.8, 4) is 0 Å². The molecule has 0 bridgehead atoms. The average molecular weight is 284 g/mol. The Balaban J connectivity index is 1.97. The molecule has 1 atom stereocenters. The minimum Gasteiger partial charge on any atom is -0.349 e. The fraction of sp³-hybridized carbons (Fsp3) is 0.600. The van der Waals surface area contributed by atoms with Gasteiger partial charge in [-0.15, -0.1) is 0 Å². The third-order valence-electron chi connectivity index (χ3n) is 3.36. The van der Waals surface area contributed by atoms with Gasteiger partial charge in [-0.05, 0) is 38.0 Å². The van der Waals surface area contributed by atoms with Crippen LogP contribution < -0.4 is 5.32 Å². The molecule has 1 fully saturated rings. The highest BCUT2D eigenvalue weighted by atomic mass is 35.5. The zero-order valence-corrected chi connectivity index (χ0v) is 12.5. The Hall–Kier alpha value is -0.610. The first-order valence-electron chi connectivity index (χ1n) is 6.79. The average Bonchev–Trinajstić information content (AvgIpc) is 2.37. The maximum absolute atomic E-state index is 6.05. The first-order valence-corrected chi connectivity index (χ1v) is 7.17. The van der Waals surface area contributed by atoms with Crippen molar-refractivity contribution in [2.45, 2.75) is 45.1 Å². The molecule has 1 heterocycles. The van der Waals surface area contributed by atoms with Crippen LogP contribution in [0.5, 0.6) is 0 Å². The maximum Gasteiger partial charge on any atom is 0.162 e. The summed E-state index contributed by atoms with van der Waals surface area (Å²) in [6, 6.07) is 8.49. The standard InChI is InChI=1S/C15H22ClNO2/c1-4-14(11-6-5-7-12(16)8-11)17-13-9-18-15(2,3)19-10-13/h5-8,13-14,17H,4,9-10H2,1-3H3. The number of benzene rings is 1. The van der Waals surface area contributed by atoms with Crippen LogP contribution in [0.25, 0.3) is 0 Å². The number of ether oxygens (including phenoxy) is 2. The van der Waals surface area contributed by atoms with Crippen LogP contribution in [0.2, 0.25) is 5.02 Å². The monoisotopic (exact) mass is 283 g/mol. The second-order valence-corrected chi connectivity index (χ2v) is 5.84. The van der Waals surface area contributed by atoms with Crippen LogP contribution in [0.1, 0.15) is 38.8 Å². The fourth-order valence-electron chi connectivity index (χ4n) is 2.25. The molecule has 1 aliphatic heterocycles. The fourth-order valence-corrected chi connectivity index (χ4v) is 2.44. The van der Waals surface area contributed by atoms with E-state index in [2.05, 4.69) is 18.3 Å². The molecule has 0 radical (unpaired) electrons. The van der Waals surface area contributed by atoms with Crippen molar-refractivity contribution in [1.29, 1.82) is 0 Å². The molecule has 1 aromatic carbocycles. The third-order valence-corrected chi connectivity index (χ3v) is 3.60. The van der Waals surface area contributed by atoms with Crippen LogP contribution >= 0.6 is 11.6 Å². The highest BCUT2D eigenvalue weighted by Gasteiger charge is 2.29. The molecule has 0 saturated carbocycles. The Bertz CT molecular complexity index is 412. The Morgan fingerprint density at radius 2 is 2.05 bits per heavy atom. The van der Waals surface area contributed by atoms with Gasteiger partial charge in [-0.3, -0.25) is 0 Å². The van der Waals surface area contributed by atoms with Gasteiger partial charge in [-0.1, -0.05) is 30.7 Å². The minimum absolute atomic E-state index is 0.219. The molecule has 0 aromatic heterocycles. The van der Waals surface area contributed by atoms with E-state index in [0.717, 1.165) is 11.4 Å². The number of rotatable bonds is 4. The van der Waals surface area contributed by atoms with Gasteiger partial charge < -0.3 is 14.8 Å². The van der Waals surface area contributed by atoms with E-state index in [-0.39, 0.29) is 12.1 Å². The van der Waals surface area contributed by atoms with Gasteiger partial charge in [0.25, 0.3) is 0 Å². The molecule has 1 aliphatic rings. The summed E-state index contributed by atoms with van der Waals surface area (Å²) < 4.78 is 11.3. The van der Waals surface area contributed by atoms with Gasteiger partial charge in [-0.25, -0.2) is 0 Å². The van der Waals surface area contributed by atoms with E-state index in [1.165, 1.54) is 5.56 Å². The molecule has 0 amide bonds. The SMILES string of the molecule is CCC(NC1COC(C)(C)OC1)c1cccc(Cl)c1. The van der Waals surface area contributed by atoms with Crippen LogP contribution in [0.15, 0.2) is 24.3 Å². The lowest BCUT2D eigenvalue weighted by Gasteiger charge is -2.37. The molecule has 2 rings (SSSR count). The normalized spacial score (nSPS) is 21.3. The predicted octanol–water partition coefficient (Wildman–Crippen LogP) is 3.53. The minimum atomic E-state index is -0.462. The maximum atomic E-state index is 6.05. The molecule has 1 aromatic rings. The smallest absolute Gasteiger partial charge is 0.162 e. The van der Waals surface area contributed by atoms with Crippen molar-refractivity contribution in [2.24, 2.45) is 0 Å². The second kappa shape index (κ2) is 6.23. The van der Waals surface area contributed by atoms with Gasteiger partial charge in [0, 0.05) is 11.1 Å². The van der Waals surface area contributed by atoms with Crippen LogP contribution in [-0.4, -0.2) is 25.0 Å². The van der Waals surface area contributed by atoms with Gasteiger partial charge in [0.2, 0.25) is 0 Å². The summed E-state index contributed by atoms with van der Waals surface area (Å²) in [6.45, 7) is 7.39. The highest BCUT2D eigenvalue weighted by Crippen LogP contribution is 2.23. The molecule has 1 unspecified atom stereocenters. The highest BCUT2D eigenvalue weighted by molar-refractivity contribution is 6.30. The van der Waals surface area contributed by atoms with Crippen molar-refractivity contribution < 1.29 is 9.47 Å². The first-order chi connectivity index (χ1) is 9.00. The van der Waals surface area contributed by atoms with E-state index in [0.29, 0.717) is 13.2 Å². The van der Waals surface area contributed by atoms with Crippen LogP contribution in [0, 0.1) is 0 Å². The summed E-state index contributed by atoms with van der Waals surface area (Å²) >= 11 is 6.05.